The summed E-state index contributed by atoms with van der Waals surface area (Å²) in [5.74, 6) is 1.23. The fraction of sp³-hybridized carbons (Fsp3) is 0.591. The highest BCUT2D eigenvalue weighted by atomic mass is 16.1. The zero-order chi connectivity index (χ0) is 19.8. The van der Waals surface area contributed by atoms with Gasteiger partial charge in [-0.1, -0.05) is 33.1 Å². The van der Waals surface area contributed by atoms with Crippen LogP contribution in [0.5, 0.6) is 0 Å². The van der Waals surface area contributed by atoms with Gasteiger partial charge in [0.25, 0.3) is 5.91 Å². The van der Waals surface area contributed by atoms with Crippen molar-refractivity contribution in [3.8, 4) is 5.82 Å². The van der Waals surface area contributed by atoms with E-state index in [9.17, 15) is 4.79 Å². The maximum absolute atomic E-state index is 12.8. The van der Waals surface area contributed by atoms with E-state index >= 15 is 0 Å². The van der Waals surface area contributed by atoms with Gasteiger partial charge in [0, 0.05) is 31.2 Å². The van der Waals surface area contributed by atoms with Crippen LogP contribution in [0.4, 0.5) is 0 Å². The summed E-state index contributed by atoms with van der Waals surface area (Å²) in [5.41, 5.74) is 0.610. The summed E-state index contributed by atoms with van der Waals surface area (Å²) >= 11 is 0. The van der Waals surface area contributed by atoms with Gasteiger partial charge in [-0.15, -0.1) is 0 Å². The summed E-state index contributed by atoms with van der Waals surface area (Å²) in [4.78, 5) is 19.7. The highest BCUT2D eigenvalue weighted by molar-refractivity contribution is 5.94. The van der Waals surface area contributed by atoms with Gasteiger partial charge in [-0.05, 0) is 56.5 Å². The molecule has 1 fully saturated rings. The minimum Gasteiger partial charge on any atom is -0.349 e. The molecule has 152 valence electrons. The Hall–Kier alpha value is -2.21. The van der Waals surface area contributed by atoms with Gasteiger partial charge in [-0.2, -0.15) is 5.10 Å². The first-order valence-corrected chi connectivity index (χ1v) is 10.7. The number of amides is 1. The molecule has 2 heterocycles. The Balaban J connectivity index is 1.60. The average molecular weight is 384 g/mol. The van der Waals surface area contributed by atoms with Crippen LogP contribution >= 0.6 is 0 Å². The van der Waals surface area contributed by atoms with Crippen LogP contribution in [-0.4, -0.2) is 51.2 Å². The molecule has 0 bridgehead atoms. The van der Waals surface area contributed by atoms with Crippen LogP contribution in [-0.2, 0) is 0 Å². The molecule has 0 saturated heterocycles. The lowest BCUT2D eigenvalue weighted by Crippen LogP contribution is -2.46. The quantitative estimate of drug-likeness (QED) is 0.717. The van der Waals surface area contributed by atoms with Crippen molar-refractivity contribution in [3.63, 3.8) is 0 Å². The number of hydrogen-bond acceptors (Lipinski definition) is 4. The van der Waals surface area contributed by atoms with Gasteiger partial charge in [-0.25, -0.2) is 9.67 Å². The molecule has 1 aliphatic carbocycles. The third-order valence-electron chi connectivity index (χ3n) is 5.74. The first-order valence-electron chi connectivity index (χ1n) is 10.7. The lowest BCUT2D eigenvalue weighted by molar-refractivity contribution is 0.0886. The van der Waals surface area contributed by atoms with Crippen LogP contribution in [0.25, 0.3) is 5.82 Å². The summed E-state index contributed by atoms with van der Waals surface area (Å²) in [6, 6.07) is 5.77. The molecule has 1 N–H and O–H groups in total. The molecule has 0 radical (unpaired) electrons. The summed E-state index contributed by atoms with van der Waals surface area (Å²) < 4.78 is 1.69. The monoisotopic (exact) mass is 383 g/mol. The summed E-state index contributed by atoms with van der Waals surface area (Å²) in [5, 5.41) is 7.47. The van der Waals surface area contributed by atoms with Gasteiger partial charge in [0.15, 0.2) is 5.82 Å². The third-order valence-corrected chi connectivity index (χ3v) is 5.74. The zero-order valence-electron chi connectivity index (χ0n) is 17.2. The van der Waals surface area contributed by atoms with Crippen molar-refractivity contribution in [1.82, 2.24) is 25.0 Å². The number of rotatable bonds is 9. The predicted octanol–water partition coefficient (Wildman–Crippen LogP) is 3.68. The average Bonchev–Trinajstić information content (AvgIpc) is 3.27. The van der Waals surface area contributed by atoms with Crippen molar-refractivity contribution in [2.24, 2.45) is 5.92 Å². The maximum atomic E-state index is 12.8. The topological polar surface area (TPSA) is 63.1 Å². The number of unbranched alkanes of at least 4 members (excludes halogenated alkanes) is 1. The van der Waals surface area contributed by atoms with Crippen molar-refractivity contribution in [2.75, 3.05) is 19.6 Å². The van der Waals surface area contributed by atoms with Crippen LogP contribution in [0, 0.1) is 5.92 Å². The molecule has 3 rings (SSSR count). The van der Waals surface area contributed by atoms with Crippen LogP contribution < -0.4 is 5.32 Å². The molecule has 0 unspecified atom stereocenters. The standard InChI is InChI=1S/C22H33N5O/c1-3-5-14-26(4-2)17-19-9-6-7-10-20(19)25-22(28)18-11-12-21(23-16-18)27-15-8-13-24-27/h8,11-13,15-16,19-20H,3-7,9-10,14,17H2,1-2H3,(H,25,28)/t19-,20+/m0/s1. The predicted molar refractivity (Wildman–Crippen MR) is 112 cm³/mol. The third kappa shape index (κ3) is 5.41. The van der Waals surface area contributed by atoms with Gasteiger partial charge < -0.3 is 10.2 Å². The molecule has 1 saturated carbocycles. The second-order valence-electron chi connectivity index (χ2n) is 7.73. The van der Waals surface area contributed by atoms with Crippen molar-refractivity contribution in [3.05, 3.63) is 42.4 Å². The van der Waals surface area contributed by atoms with E-state index in [0.717, 1.165) is 26.1 Å². The molecule has 2 atom stereocenters. The SMILES string of the molecule is CCCCN(CC)C[C@@H]1CCCC[C@H]1NC(=O)c1ccc(-n2cccn2)nc1. The van der Waals surface area contributed by atoms with E-state index in [1.54, 1.807) is 17.1 Å². The largest absolute Gasteiger partial charge is 0.349 e. The minimum absolute atomic E-state index is 0.0204. The Bertz CT molecular complexity index is 713. The molecule has 1 aliphatic rings. The molecule has 6 nitrogen and oxygen atoms in total. The van der Waals surface area contributed by atoms with E-state index in [2.05, 4.69) is 34.1 Å². The Morgan fingerprint density at radius 2 is 2.14 bits per heavy atom. The Morgan fingerprint density at radius 1 is 1.29 bits per heavy atom. The van der Waals surface area contributed by atoms with Crippen LogP contribution in [0.15, 0.2) is 36.8 Å². The highest BCUT2D eigenvalue weighted by Crippen LogP contribution is 2.26. The molecule has 0 spiro atoms. The first kappa shape index (κ1) is 20.5. The van der Waals surface area contributed by atoms with Crippen LogP contribution in [0.2, 0.25) is 0 Å². The Morgan fingerprint density at radius 3 is 2.82 bits per heavy atom. The van der Waals surface area contributed by atoms with Crippen molar-refractivity contribution in [1.29, 1.82) is 0 Å². The van der Waals surface area contributed by atoms with E-state index in [4.69, 9.17) is 0 Å². The normalized spacial score (nSPS) is 19.7. The molecular formula is C22H33N5O. The van der Waals surface area contributed by atoms with Gasteiger partial charge >= 0.3 is 0 Å². The number of pyridine rings is 1. The number of nitrogens with one attached hydrogen (secondary N) is 1. The van der Waals surface area contributed by atoms with Crippen molar-refractivity contribution < 1.29 is 4.79 Å². The molecule has 0 aromatic carbocycles. The van der Waals surface area contributed by atoms with Gasteiger partial charge in [0.05, 0.1) is 5.56 Å². The van der Waals surface area contributed by atoms with Gasteiger partial charge in [-0.3, -0.25) is 4.79 Å². The number of hydrogen-bond donors (Lipinski definition) is 1. The molecule has 28 heavy (non-hydrogen) atoms. The number of carbonyl (C=O) groups excluding carboxylic acids is 1. The van der Waals surface area contributed by atoms with Gasteiger partial charge in [0.1, 0.15) is 0 Å². The van der Waals surface area contributed by atoms with E-state index in [1.807, 2.05) is 24.4 Å². The second kappa shape index (κ2) is 10.4. The van der Waals surface area contributed by atoms with Crippen molar-refractivity contribution >= 4 is 5.91 Å². The number of carbonyl (C=O) groups is 1. The first-order chi connectivity index (χ1) is 13.7. The second-order valence-corrected chi connectivity index (χ2v) is 7.73. The van der Waals surface area contributed by atoms with Crippen LogP contribution in [0.1, 0.15) is 62.7 Å². The van der Waals surface area contributed by atoms with Crippen molar-refractivity contribution in [2.45, 2.75) is 58.4 Å². The van der Waals surface area contributed by atoms with E-state index in [1.165, 1.54) is 32.1 Å². The molecule has 0 aliphatic heterocycles. The lowest BCUT2D eigenvalue weighted by Gasteiger charge is -2.35. The number of nitrogens with zero attached hydrogens (tertiary/aromatic N) is 4. The van der Waals surface area contributed by atoms with Crippen LogP contribution in [0.3, 0.4) is 0 Å². The van der Waals surface area contributed by atoms with Gasteiger partial charge in [0.2, 0.25) is 0 Å². The summed E-state index contributed by atoms with van der Waals surface area (Å²) in [6.45, 7) is 7.79. The smallest absolute Gasteiger partial charge is 0.253 e. The molecule has 2 aromatic heterocycles. The minimum atomic E-state index is -0.0204. The lowest BCUT2D eigenvalue weighted by atomic mass is 9.84. The Kier molecular flexibility index (Phi) is 7.60. The summed E-state index contributed by atoms with van der Waals surface area (Å²) in [6.07, 6.45) is 12.4. The maximum Gasteiger partial charge on any atom is 0.253 e. The molecule has 6 heteroatoms. The molecular weight excluding hydrogens is 350 g/mol. The fourth-order valence-corrected chi connectivity index (χ4v) is 4.02. The summed E-state index contributed by atoms with van der Waals surface area (Å²) in [7, 11) is 0. The number of aromatic nitrogens is 3. The highest BCUT2D eigenvalue weighted by Gasteiger charge is 2.28. The fourth-order valence-electron chi connectivity index (χ4n) is 4.02. The Labute approximate surface area is 168 Å². The van der Waals surface area contributed by atoms with E-state index in [0.29, 0.717) is 17.3 Å². The van der Waals surface area contributed by atoms with E-state index in [-0.39, 0.29) is 11.9 Å². The zero-order valence-corrected chi connectivity index (χ0v) is 17.2. The van der Waals surface area contributed by atoms with E-state index < -0.39 is 0 Å². The molecule has 2 aromatic rings. The molecule has 1 amide bonds.